The third kappa shape index (κ3) is 3.14. The molecule has 1 aromatic heterocycles. The molecule has 2 aliphatic carbocycles. The monoisotopic (exact) mass is 289 g/mol. The molecule has 21 heavy (non-hydrogen) atoms. The Morgan fingerprint density at radius 1 is 1.43 bits per heavy atom. The van der Waals surface area contributed by atoms with Gasteiger partial charge in [0.1, 0.15) is 0 Å². The predicted molar refractivity (Wildman–Crippen MR) is 82.9 cm³/mol. The van der Waals surface area contributed by atoms with Crippen LogP contribution in [0.3, 0.4) is 0 Å². The van der Waals surface area contributed by atoms with Crippen molar-refractivity contribution in [2.75, 3.05) is 0 Å². The number of nitrogens with one attached hydrogen (secondary N) is 1. The fourth-order valence-electron chi connectivity index (χ4n) is 4.45. The SMILES string of the molecule is Cc1cc(C)n(CCC(=O)NC(C)C2CC3CCC2C3)n1. The summed E-state index contributed by atoms with van der Waals surface area (Å²) in [6.07, 6.45) is 6.04. The first-order valence-corrected chi connectivity index (χ1v) is 8.33. The summed E-state index contributed by atoms with van der Waals surface area (Å²) in [5.74, 6) is 2.68. The van der Waals surface area contributed by atoms with Crippen LogP contribution in [0.2, 0.25) is 0 Å². The highest BCUT2D eigenvalue weighted by Crippen LogP contribution is 2.49. The minimum Gasteiger partial charge on any atom is -0.353 e. The zero-order valence-corrected chi connectivity index (χ0v) is 13.4. The van der Waals surface area contributed by atoms with E-state index in [1.165, 1.54) is 25.7 Å². The van der Waals surface area contributed by atoms with Gasteiger partial charge in [-0.1, -0.05) is 6.42 Å². The van der Waals surface area contributed by atoms with E-state index in [0.717, 1.165) is 23.2 Å². The van der Waals surface area contributed by atoms with Gasteiger partial charge in [0.05, 0.1) is 5.69 Å². The Bertz CT molecular complexity index is 522. The Balaban J connectivity index is 1.47. The molecule has 4 unspecified atom stereocenters. The van der Waals surface area contributed by atoms with E-state index < -0.39 is 0 Å². The van der Waals surface area contributed by atoms with Crippen LogP contribution in [0.25, 0.3) is 0 Å². The van der Waals surface area contributed by atoms with E-state index in [2.05, 4.69) is 23.4 Å². The van der Waals surface area contributed by atoms with Crippen molar-refractivity contribution in [1.29, 1.82) is 0 Å². The Morgan fingerprint density at radius 3 is 2.81 bits per heavy atom. The predicted octanol–water partition coefficient (Wildman–Crippen LogP) is 2.83. The lowest BCUT2D eigenvalue weighted by molar-refractivity contribution is -0.122. The lowest BCUT2D eigenvalue weighted by Crippen LogP contribution is -2.40. The largest absolute Gasteiger partial charge is 0.353 e. The molecule has 0 aromatic carbocycles. The molecule has 2 aliphatic rings. The van der Waals surface area contributed by atoms with Gasteiger partial charge in [0, 0.05) is 24.7 Å². The van der Waals surface area contributed by atoms with Gasteiger partial charge >= 0.3 is 0 Å². The van der Waals surface area contributed by atoms with Crippen LogP contribution in [0, 0.1) is 31.6 Å². The van der Waals surface area contributed by atoms with Gasteiger partial charge in [0.2, 0.25) is 5.91 Å². The maximum atomic E-state index is 12.2. The molecule has 1 N–H and O–H groups in total. The third-order valence-corrected chi connectivity index (χ3v) is 5.48. The first-order valence-electron chi connectivity index (χ1n) is 8.33. The van der Waals surface area contributed by atoms with Crippen LogP contribution in [-0.4, -0.2) is 21.7 Å². The summed E-state index contributed by atoms with van der Waals surface area (Å²) in [6.45, 7) is 6.89. The number of hydrogen-bond donors (Lipinski definition) is 1. The molecule has 0 saturated heterocycles. The smallest absolute Gasteiger partial charge is 0.222 e. The van der Waals surface area contributed by atoms with Crippen LogP contribution in [0.1, 0.15) is 50.4 Å². The highest BCUT2D eigenvalue weighted by molar-refractivity contribution is 5.76. The molecule has 4 nitrogen and oxygen atoms in total. The molecule has 1 aromatic rings. The Morgan fingerprint density at radius 2 is 2.24 bits per heavy atom. The van der Waals surface area contributed by atoms with E-state index in [1.54, 1.807) is 0 Å². The summed E-state index contributed by atoms with van der Waals surface area (Å²) in [4.78, 5) is 12.2. The molecule has 1 amide bonds. The number of carbonyl (C=O) groups excluding carboxylic acids is 1. The highest BCUT2D eigenvalue weighted by Gasteiger charge is 2.42. The molecular formula is C17H27N3O. The molecule has 0 radical (unpaired) electrons. The van der Waals surface area contributed by atoms with Crippen molar-refractivity contribution in [1.82, 2.24) is 15.1 Å². The summed E-state index contributed by atoms with van der Waals surface area (Å²) in [5.41, 5.74) is 2.14. The maximum Gasteiger partial charge on any atom is 0.222 e. The number of hydrogen-bond acceptors (Lipinski definition) is 2. The normalized spacial score (nSPS) is 28.8. The van der Waals surface area contributed by atoms with Gasteiger partial charge in [0.15, 0.2) is 0 Å². The van der Waals surface area contributed by atoms with Gasteiger partial charge in [-0.15, -0.1) is 0 Å². The van der Waals surface area contributed by atoms with Gasteiger partial charge in [0.25, 0.3) is 0 Å². The zero-order valence-electron chi connectivity index (χ0n) is 13.4. The molecule has 3 rings (SSSR count). The first kappa shape index (κ1) is 14.6. The number of aromatic nitrogens is 2. The molecule has 0 aliphatic heterocycles. The van der Waals surface area contributed by atoms with Crippen molar-refractivity contribution < 1.29 is 4.79 Å². The van der Waals surface area contributed by atoms with Crippen molar-refractivity contribution >= 4 is 5.91 Å². The van der Waals surface area contributed by atoms with Crippen LogP contribution >= 0.6 is 0 Å². The Hall–Kier alpha value is -1.32. The third-order valence-electron chi connectivity index (χ3n) is 5.48. The number of fused-ring (bicyclic) bond motifs is 2. The number of nitrogens with zero attached hydrogens (tertiary/aromatic N) is 2. The van der Waals surface area contributed by atoms with E-state index in [1.807, 2.05) is 18.5 Å². The number of amides is 1. The summed E-state index contributed by atoms with van der Waals surface area (Å²) in [7, 11) is 0. The average molecular weight is 289 g/mol. The average Bonchev–Trinajstić information content (AvgIpc) is 3.12. The van der Waals surface area contributed by atoms with Crippen molar-refractivity contribution in [2.24, 2.45) is 17.8 Å². The molecule has 4 heteroatoms. The van der Waals surface area contributed by atoms with Crippen LogP contribution in [0.15, 0.2) is 6.07 Å². The highest BCUT2D eigenvalue weighted by atomic mass is 16.1. The number of aryl methyl sites for hydroxylation is 3. The van der Waals surface area contributed by atoms with Gasteiger partial charge in [-0.05, 0) is 63.9 Å². The van der Waals surface area contributed by atoms with Gasteiger partial charge < -0.3 is 5.32 Å². The molecule has 2 fully saturated rings. The van der Waals surface area contributed by atoms with Gasteiger partial charge in [-0.2, -0.15) is 5.10 Å². The molecule has 116 valence electrons. The van der Waals surface area contributed by atoms with E-state index in [0.29, 0.717) is 24.9 Å². The number of rotatable bonds is 5. The lowest BCUT2D eigenvalue weighted by atomic mass is 9.84. The topological polar surface area (TPSA) is 46.9 Å². The fourth-order valence-corrected chi connectivity index (χ4v) is 4.45. The van der Waals surface area contributed by atoms with Crippen molar-refractivity contribution in [3.05, 3.63) is 17.5 Å². The van der Waals surface area contributed by atoms with E-state index in [9.17, 15) is 4.79 Å². The minimum atomic E-state index is 0.165. The second-order valence-corrected chi connectivity index (χ2v) is 7.10. The Kier molecular flexibility index (Phi) is 4.05. The van der Waals surface area contributed by atoms with E-state index in [-0.39, 0.29) is 5.91 Å². The quantitative estimate of drug-likeness (QED) is 0.906. The molecule has 0 spiro atoms. The van der Waals surface area contributed by atoms with Crippen LogP contribution in [-0.2, 0) is 11.3 Å². The summed E-state index contributed by atoms with van der Waals surface area (Å²) < 4.78 is 1.93. The van der Waals surface area contributed by atoms with E-state index >= 15 is 0 Å². The van der Waals surface area contributed by atoms with E-state index in [4.69, 9.17) is 0 Å². The van der Waals surface area contributed by atoms with Gasteiger partial charge in [-0.25, -0.2) is 0 Å². The lowest BCUT2D eigenvalue weighted by Gasteiger charge is -2.28. The van der Waals surface area contributed by atoms with Crippen molar-refractivity contribution in [3.8, 4) is 0 Å². The molecule has 4 atom stereocenters. The first-order chi connectivity index (χ1) is 10.0. The number of carbonyl (C=O) groups is 1. The maximum absolute atomic E-state index is 12.2. The van der Waals surface area contributed by atoms with Crippen LogP contribution in [0.4, 0.5) is 0 Å². The minimum absolute atomic E-state index is 0.165. The zero-order chi connectivity index (χ0) is 15.0. The molecule has 1 heterocycles. The second kappa shape index (κ2) is 5.82. The summed E-state index contributed by atoms with van der Waals surface area (Å²) >= 11 is 0. The molecular weight excluding hydrogens is 262 g/mol. The van der Waals surface area contributed by atoms with Crippen LogP contribution < -0.4 is 5.32 Å². The van der Waals surface area contributed by atoms with Crippen molar-refractivity contribution in [3.63, 3.8) is 0 Å². The summed E-state index contributed by atoms with van der Waals surface area (Å²) in [6, 6.07) is 2.38. The summed E-state index contributed by atoms with van der Waals surface area (Å²) in [5, 5.41) is 7.63. The van der Waals surface area contributed by atoms with Gasteiger partial charge in [-0.3, -0.25) is 9.48 Å². The second-order valence-electron chi connectivity index (χ2n) is 7.10. The standard InChI is InChI=1S/C17H27N3O/c1-11-8-12(2)20(19-11)7-6-17(21)18-13(3)16-10-14-4-5-15(16)9-14/h8,13-16H,4-7,9-10H2,1-3H3,(H,18,21). The van der Waals surface area contributed by atoms with Crippen LogP contribution in [0.5, 0.6) is 0 Å². The fraction of sp³-hybridized carbons (Fsp3) is 0.765. The molecule has 2 bridgehead atoms. The van der Waals surface area contributed by atoms with Crippen molar-refractivity contribution in [2.45, 2.75) is 65.5 Å². The Labute approximate surface area is 127 Å². The molecule has 2 saturated carbocycles.